The van der Waals surface area contributed by atoms with E-state index in [4.69, 9.17) is 0 Å². The number of aryl methyl sites for hydroxylation is 1. The van der Waals surface area contributed by atoms with Crippen molar-refractivity contribution in [1.29, 1.82) is 0 Å². The minimum Gasteiger partial charge on any atom is -0.357 e. The first-order valence-corrected chi connectivity index (χ1v) is 7.85. The van der Waals surface area contributed by atoms with Crippen LogP contribution in [0, 0.1) is 0 Å². The van der Waals surface area contributed by atoms with Crippen LogP contribution in [0.2, 0.25) is 0 Å². The maximum absolute atomic E-state index is 12.4. The molecule has 9 heteroatoms. The van der Waals surface area contributed by atoms with Crippen LogP contribution in [0.3, 0.4) is 0 Å². The predicted octanol–water partition coefficient (Wildman–Crippen LogP) is 2.16. The average molecular weight is 387 g/mol. The molecule has 1 aliphatic heterocycles. The highest BCUT2D eigenvalue weighted by Gasteiger charge is 2.20. The van der Waals surface area contributed by atoms with E-state index in [1.807, 2.05) is 25.4 Å². The zero-order chi connectivity index (χ0) is 16.2. The number of nitrogens with one attached hydrogen (secondary N) is 2. The number of carbonyl (C=O) groups is 1. The number of rotatable bonds is 5. The molecule has 0 spiro atoms. The van der Waals surface area contributed by atoms with Gasteiger partial charge in [0.25, 0.3) is 0 Å². The van der Waals surface area contributed by atoms with E-state index in [9.17, 15) is 4.79 Å². The molecule has 3 heterocycles. The van der Waals surface area contributed by atoms with Gasteiger partial charge in [0, 0.05) is 31.9 Å². The minimum absolute atomic E-state index is 0. The lowest BCUT2D eigenvalue weighted by Gasteiger charge is -2.17. The summed E-state index contributed by atoms with van der Waals surface area (Å²) in [4.78, 5) is 19.2. The number of carbonyl (C=O) groups excluding carboxylic acids is 1. The quantitative estimate of drug-likeness (QED) is 0.823. The second kappa shape index (κ2) is 9.60. The Morgan fingerprint density at radius 3 is 2.44 bits per heavy atom. The lowest BCUT2D eigenvalue weighted by molar-refractivity contribution is -0.118. The molecular formula is C16H24Cl2N6O. The van der Waals surface area contributed by atoms with E-state index < -0.39 is 6.04 Å². The lowest BCUT2D eigenvalue weighted by Crippen LogP contribution is -2.30. The van der Waals surface area contributed by atoms with Gasteiger partial charge in [0.15, 0.2) is 0 Å². The van der Waals surface area contributed by atoms with Crippen molar-refractivity contribution >= 4 is 42.2 Å². The summed E-state index contributed by atoms with van der Waals surface area (Å²) in [7, 11) is 3.58. The van der Waals surface area contributed by atoms with Crippen molar-refractivity contribution in [3.8, 4) is 0 Å². The zero-order valence-electron chi connectivity index (χ0n) is 14.3. The number of anilines is 2. The summed E-state index contributed by atoms with van der Waals surface area (Å²) in [5.41, 5.74) is 1.52. The van der Waals surface area contributed by atoms with Crippen LogP contribution < -0.4 is 15.5 Å². The number of nitrogens with zero attached hydrogens (tertiary/aromatic N) is 4. The largest absolute Gasteiger partial charge is 0.357 e. The first kappa shape index (κ1) is 21.2. The van der Waals surface area contributed by atoms with Gasteiger partial charge in [-0.25, -0.2) is 4.98 Å². The van der Waals surface area contributed by atoms with Crippen LogP contribution in [-0.2, 0) is 11.8 Å². The summed E-state index contributed by atoms with van der Waals surface area (Å²) in [6, 6.07) is 3.41. The van der Waals surface area contributed by atoms with Crippen molar-refractivity contribution in [3.63, 3.8) is 0 Å². The van der Waals surface area contributed by atoms with E-state index in [1.165, 1.54) is 12.8 Å². The number of hydrogen-bond acceptors (Lipinski definition) is 5. The third-order valence-corrected chi connectivity index (χ3v) is 4.05. The Morgan fingerprint density at radius 2 is 1.92 bits per heavy atom. The topological polar surface area (TPSA) is 75.1 Å². The van der Waals surface area contributed by atoms with Gasteiger partial charge in [0.05, 0.1) is 18.1 Å². The minimum atomic E-state index is -0.443. The van der Waals surface area contributed by atoms with Gasteiger partial charge in [0.2, 0.25) is 5.91 Å². The highest BCUT2D eigenvalue weighted by molar-refractivity contribution is 5.95. The highest BCUT2D eigenvalue weighted by Crippen LogP contribution is 2.20. The molecule has 2 aromatic rings. The standard InChI is InChI=1S/C16H22N6O.2ClH/c1-17-15(12-9-19-21(2)11-12)16(23)20-13-5-6-14(18-10-13)22-7-3-4-8-22;;/h5-6,9-11,15,17H,3-4,7-8H2,1-2H3,(H,20,23);2*1H. The van der Waals surface area contributed by atoms with E-state index in [-0.39, 0.29) is 30.7 Å². The average Bonchev–Trinajstić information content (AvgIpc) is 3.21. The second-order valence-corrected chi connectivity index (χ2v) is 5.76. The molecule has 7 nitrogen and oxygen atoms in total. The molecule has 1 unspecified atom stereocenters. The van der Waals surface area contributed by atoms with Crippen LogP contribution in [0.1, 0.15) is 24.4 Å². The van der Waals surface area contributed by atoms with Crippen LogP contribution in [0.15, 0.2) is 30.7 Å². The second-order valence-electron chi connectivity index (χ2n) is 5.76. The molecule has 25 heavy (non-hydrogen) atoms. The van der Waals surface area contributed by atoms with Crippen LogP contribution in [0.25, 0.3) is 0 Å². The molecule has 2 N–H and O–H groups in total. The van der Waals surface area contributed by atoms with Gasteiger partial charge in [-0.3, -0.25) is 9.48 Å². The summed E-state index contributed by atoms with van der Waals surface area (Å²) >= 11 is 0. The Morgan fingerprint density at radius 1 is 1.20 bits per heavy atom. The molecule has 1 amide bonds. The Bertz CT molecular complexity index is 670. The smallest absolute Gasteiger partial charge is 0.246 e. The molecule has 0 bridgehead atoms. The van der Waals surface area contributed by atoms with Crippen molar-refractivity contribution in [3.05, 3.63) is 36.3 Å². The first-order chi connectivity index (χ1) is 11.2. The number of aromatic nitrogens is 3. The highest BCUT2D eigenvalue weighted by atomic mass is 35.5. The normalized spacial score (nSPS) is 14.4. The van der Waals surface area contributed by atoms with Crippen molar-refractivity contribution in [2.24, 2.45) is 7.05 Å². The van der Waals surface area contributed by atoms with Gasteiger partial charge in [-0.1, -0.05) is 0 Å². The molecule has 138 valence electrons. The fourth-order valence-electron chi connectivity index (χ4n) is 2.85. The van der Waals surface area contributed by atoms with Crippen molar-refractivity contribution in [2.75, 3.05) is 30.4 Å². The summed E-state index contributed by atoms with van der Waals surface area (Å²) in [6.45, 7) is 2.11. The molecule has 0 radical (unpaired) electrons. The molecule has 0 saturated carbocycles. The van der Waals surface area contributed by atoms with Gasteiger partial charge in [0.1, 0.15) is 11.9 Å². The summed E-state index contributed by atoms with van der Waals surface area (Å²) in [5, 5.41) is 10.0. The van der Waals surface area contributed by atoms with Crippen molar-refractivity contribution in [1.82, 2.24) is 20.1 Å². The van der Waals surface area contributed by atoms with Gasteiger partial charge >= 0.3 is 0 Å². The maximum atomic E-state index is 12.4. The third-order valence-electron chi connectivity index (χ3n) is 4.05. The fourth-order valence-corrected chi connectivity index (χ4v) is 2.85. The van der Waals surface area contributed by atoms with E-state index in [0.29, 0.717) is 5.69 Å². The van der Waals surface area contributed by atoms with E-state index in [2.05, 4.69) is 25.6 Å². The monoisotopic (exact) mass is 386 g/mol. The Labute approximate surface area is 160 Å². The first-order valence-electron chi connectivity index (χ1n) is 7.85. The van der Waals surface area contributed by atoms with Gasteiger partial charge < -0.3 is 15.5 Å². The number of amides is 1. The van der Waals surface area contributed by atoms with Gasteiger partial charge in [-0.05, 0) is 32.0 Å². The third kappa shape index (κ3) is 5.07. The van der Waals surface area contributed by atoms with Crippen LogP contribution in [0.4, 0.5) is 11.5 Å². The molecular weight excluding hydrogens is 363 g/mol. The number of pyridine rings is 1. The number of hydrogen-bond donors (Lipinski definition) is 2. The van der Waals surface area contributed by atoms with Crippen molar-refractivity contribution in [2.45, 2.75) is 18.9 Å². The van der Waals surface area contributed by atoms with Crippen molar-refractivity contribution < 1.29 is 4.79 Å². The number of halogens is 2. The summed E-state index contributed by atoms with van der Waals surface area (Å²) in [5.74, 6) is 0.842. The molecule has 1 saturated heterocycles. The molecule has 1 atom stereocenters. The molecule has 1 aliphatic rings. The molecule has 0 aliphatic carbocycles. The molecule has 1 fully saturated rings. The van der Waals surface area contributed by atoms with Gasteiger partial charge in [-0.15, -0.1) is 24.8 Å². The predicted molar refractivity (Wildman–Crippen MR) is 104 cm³/mol. The zero-order valence-corrected chi connectivity index (χ0v) is 15.9. The van der Waals surface area contributed by atoms with E-state index in [0.717, 1.165) is 24.5 Å². The Kier molecular flexibility index (Phi) is 8.15. The fraction of sp³-hybridized carbons (Fsp3) is 0.438. The summed E-state index contributed by atoms with van der Waals surface area (Å²) < 4.78 is 1.68. The Balaban J connectivity index is 0.00000156. The lowest BCUT2D eigenvalue weighted by atomic mass is 10.1. The Hall–Kier alpha value is -1.83. The van der Waals surface area contributed by atoms with Crippen LogP contribution in [0.5, 0.6) is 0 Å². The van der Waals surface area contributed by atoms with E-state index >= 15 is 0 Å². The van der Waals surface area contributed by atoms with Gasteiger partial charge in [-0.2, -0.15) is 5.10 Å². The summed E-state index contributed by atoms with van der Waals surface area (Å²) in [6.07, 6.45) is 7.66. The van der Waals surface area contributed by atoms with Crippen LogP contribution in [-0.4, -0.2) is 40.8 Å². The van der Waals surface area contributed by atoms with Crippen LogP contribution >= 0.6 is 24.8 Å². The SMILES string of the molecule is CNC(C(=O)Nc1ccc(N2CCCC2)nc1)c1cnn(C)c1.Cl.Cl. The molecule has 2 aromatic heterocycles. The van der Waals surface area contributed by atoms with E-state index in [1.54, 1.807) is 24.1 Å². The number of likely N-dealkylation sites (N-methyl/N-ethyl adjacent to an activating group) is 1. The molecule has 0 aromatic carbocycles. The molecule has 3 rings (SSSR count). The maximum Gasteiger partial charge on any atom is 0.246 e.